The van der Waals surface area contributed by atoms with Crippen LogP contribution >= 0.6 is 0 Å². The predicted octanol–water partition coefficient (Wildman–Crippen LogP) is 2.75. The van der Waals surface area contributed by atoms with E-state index in [1.54, 1.807) is 6.92 Å². The molecule has 2 bridgehead atoms. The van der Waals surface area contributed by atoms with Gasteiger partial charge in [0.15, 0.2) is 17.7 Å². The van der Waals surface area contributed by atoms with E-state index >= 15 is 0 Å². The highest BCUT2D eigenvalue weighted by molar-refractivity contribution is 5.81. The summed E-state index contributed by atoms with van der Waals surface area (Å²) in [4.78, 5) is 12.4. The summed E-state index contributed by atoms with van der Waals surface area (Å²) in [5.41, 5.74) is 6.10. The highest BCUT2D eigenvalue weighted by Gasteiger charge is 2.40. The van der Waals surface area contributed by atoms with Gasteiger partial charge in [-0.2, -0.15) is 0 Å². The number of hydrogen-bond acceptors (Lipinski definition) is 3. The van der Waals surface area contributed by atoms with Crippen molar-refractivity contribution in [1.29, 1.82) is 0 Å². The molecule has 0 heterocycles. The third-order valence-corrected chi connectivity index (χ3v) is 5.26. The molecule has 0 spiro atoms. The van der Waals surface area contributed by atoms with E-state index < -0.39 is 17.7 Å². The molecule has 1 aromatic carbocycles. The molecule has 0 aliphatic heterocycles. The summed E-state index contributed by atoms with van der Waals surface area (Å²) in [6.07, 6.45) is 4.49. The van der Waals surface area contributed by atoms with Gasteiger partial charge in [0.25, 0.3) is 5.91 Å². The summed E-state index contributed by atoms with van der Waals surface area (Å²) in [7, 11) is 0. The molecule has 0 radical (unpaired) electrons. The first-order valence-corrected chi connectivity index (χ1v) is 8.61. The van der Waals surface area contributed by atoms with E-state index in [1.165, 1.54) is 12.5 Å². The van der Waals surface area contributed by atoms with Crippen LogP contribution in [0.2, 0.25) is 0 Å². The van der Waals surface area contributed by atoms with Crippen LogP contribution in [0.25, 0.3) is 0 Å². The molecule has 1 amide bonds. The van der Waals surface area contributed by atoms with Gasteiger partial charge < -0.3 is 15.8 Å². The van der Waals surface area contributed by atoms with Crippen LogP contribution in [-0.2, 0) is 4.79 Å². The molecule has 0 saturated heterocycles. The van der Waals surface area contributed by atoms with Crippen molar-refractivity contribution >= 4 is 5.91 Å². The molecule has 2 aliphatic carbocycles. The first kappa shape index (κ1) is 17.1. The third kappa shape index (κ3) is 3.69. The van der Waals surface area contributed by atoms with Gasteiger partial charge in [0.2, 0.25) is 0 Å². The minimum Gasteiger partial charge on any atom is -0.481 e. The Morgan fingerprint density at radius 1 is 1.25 bits per heavy atom. The molecule has 3 unspecified atom stereocenters. The summed E-state index contributed by atoms with van der Waals surface area (Å²) in [6.45, 7) is 1.61. The van der Waals surface area contributed by atoms with E-state index in [0.717, 1.165) is 37.8 Å². The number of ether oxygens (including phenoxy) is 1. The minimum atomic E-state index is -0.990. The number of hydrogen-bond donors (Lipinski definition) is 2. The van der Waals surface area contributed by atoms with Gasteiger partial charge in [-0.05, 0) is 56.6 Å². The normalized spacial score (nSPS) is 30.5. The topological polar surface area (TPSA) is 64.3 Å². The van der Waals surface area contributed by atoms with Crippen molar-refractivity contribution in [2.75, 3.05) is 0 Å². The lowest BCUT2D eigenvalue weighted by molar-refractivity contribution is -0.129. The number of amides is 1. The molecule has 2 aliphatic rings. The van der Waals surface area contributed by atoms with Gasteiger partial charge in [-0.1, -0.05) is 6.42 Å². The highest BCUT2D eigenvalue weighted by atomic mass is 19.2. The zero-order chi connectivity index (χ0) is 17.3. The summed E-state index contributed by atoms with van der Waals surface area (Å²) in [6, 6.07) is 3.62. The number of benzene rings is 1. The van der Waals surface area contributed by atoms with Gasteiger partial charge in [-0.15, -0.1) is 0 Å². The molecule has 2 saturated carbocycles. The molecular weight excluding hydrogens is 314 g/mol. The van der Waals surface area contributed by atoms with Crippen molar-refractivity contribution in [2.24, 2.45) is 17.6 Å². The van der Waals surface area contributed by atoms with E-state index in [0.29, 0.717) is 11.8 Å². The lowest BCUT2D eigenvalue weighted by Crippen LogP contribution is -2.55. The standard InChI is InChI=1S/C18H24F2N2O2/c1-10(24-14-5-6-15(19)16(20)9-14)18(23)22-17-11-3-2-4-12(17)8-13(21)7-11/h5-6,9-13,17H,2-4,7-8,21H2,1H3,(H,22,23). The van der Waals surface area contributed by atoms with Crippen LogP contribution in [0.5, 0.6) is 5.75 Å². The Balaban J connectivity index is 1.60. The Hall–Kier alpha value is -1.69. The molecule has 1 aromatic rings. The Bertz CT molecular complexity index is 597. The van der Waals surface area contributed by atoms with Crippen LogP contribution in [0.15, 0.2) is 18.2 Å². The summed E-state index contributed by atoms with van der Waals surface area (Å²) in [5.74, 6) is -1.17. The molecule has 4 nitrogen and oxygen atoms in total. The lowest BCUT2D eigenvalue weighted by Gasteiger charge is -2.45. The van der Waals surface area contributed by atoms with E-state index in [4.69, 9.17) is 10.5 Å². The lowest BCUT2D eigenvalue weighted by atomic mass is 9.67. The first-order valence-electron chi connectivity index (χ1n) is 8.61. The van der Waals surface area contributed by atoms with Crippen LogP contribution in [0.3, 0.4) is 0 Å². The average Bonchev–Trinajstić information content (AvgIpc) is 2.51. The number of rotatable bonds is 4. The Kier molecular flexibility index (Phi) is 5.04. The molecule has 6 heteroatoms. The molecule has 3 atom stereocenters. The maximum absolute atomic E-state index is 13.2. The van der Waals surface area contributed by atoms with Gasteiger partial charge in [0.05, 0.1) is 0 Å². The Morgan fingerprint density at radius 2 is 1.92 bits per heavy atom. The molecule has 3 N–H and O–H groups in total. The van der Waals surface area contributed by atoms with Gasteiger partial charge in [-0.25, -0.2) is 8.78 Å². The van der Waals surface area contributed by atoms with Gasteiger partial charge in [-0.3, -0.25) is 4.79 Å². The maximum Gasteiger partial charge on any atom is 0.261 e. The van der Waals surface area contributed by atoms with Crippen LogP contribution < -0.4 is 15.8 Å². The average molecular weight is 338 g/mol. The molecule has 24 heavy (non-hydrogen) atoms. The number of halogens is 2. The Morgan fingerprint density at radius 3 is 2.54 bits per heavy atom. The van der Waals surface area contributed by atoms with Gasteiger partial charge in [0, 0.05) is 18.2 Å². The van der Waals surface area contributed by atoms with E-state index in [1.807, 2.05) is 0 Å². The fraction of sp³-hybridized carbons (Fsp3) is 0.611. The quantitative estimate of drug-likeness (QED) is 0.887. The largest absolute Gasteiger partial charge is 0.481 e. The van der Waals surface area contributed by atoms with Crippen LogP contribution in [0, 0.1) is 23.5 Å². The fourth-order valence-electron chi connectivity index (χ4n) is 4.11. The predicted molar refractivity (Wildman–Crippen MR) is 86.4 cm³/mol. The Labute approximate surface area is 140 Å². The van der Waals surface area contributed by atoms with Crippen molar-refractivity contribution in [1.82, 2.24) is 5.32 Å². The second kappa shape index (κ2) is 7.05. The maximum atomic E-state index is 13.2. The number of nitrogens with two attached hydrogens (primary N) is 1. The third-order valence-electron chi connectivity index (χ3n) is 5.26. The zero-order valence-electron chi connectivity index (χ0n) is 13.8. The van der Waals surface area contributed by atoms with Crippen molar-refractivity contribution in [3.05, 3.63) is 29.8 Å². The van der Waals surface area contributed by atoms with Crippen molar-refractivity contribution < 1.29 is 18.3 Å². The van der Waals surface area contributed by atoms with E-state index in [2.05, 4.69) is 5.32 Å². The summed E-state index contributed by atoms with van der Waals surface area (Å²) < 4.78 is 31.6. The van der Waals surface area contributed by atoms with Gasteiger partial charge >= 0.3 is 0 Å². The number of carbonyl (C=O) groups excluding carboxylic acids is 1. The summed E-state index contributed by atoms with van der Waals surface area (Å²) in [5, 5.41) is 3.10. The zero-order valence-corrected chi connectivity index (χ0v) is 13.8. The van der Waals surface area contributed by atoms with Crippen molar-refractivity contribution in [3.8, 4) is 5.75 Å². The smallest absolute Gasteiger partial charge is 0.261 e. The minimum absolute atomic E-state index is 0.141. The number of carbonyl (C=O) groups is 1. The SMILES string of the molecule is CC(Oc1ccc(F)c(F)c1)C(=O)NC1C2CCCC1CC(N)C2. The van der Waals surface area contributed by atoms with Crippen LogP contribution in [-0.4, -0.2) is 24.1 Å². The summed E-state index contributed by atoms with van der Waals surface area (Å²) >= 11 is 0. The number of fused-ring (bicyclic) bond motifs is 2. The van der Waals surface area contributed by atoms with E-state index in [9.17, 15) is 13.6 Å². The molecule has 2 fully saturated rings. The van der Waals surface area contributed by atoms with Crippen molar-refractivity contribution in [3.63, 3.8) is 0 Å². The second-order valence-corrected chi connectivity index (χ2v) is 7.05. The molecule has 3 rings (SSSR count). The van der Waals surface area contributed by atoms with Crippen molar-refractivity contribution in [2.45, 2.75) is 57.2 Å². The van der Waals surface area contributed by atoms with Gasteiger partial charge in [0.1, 0.15) is 5.75 Å². The van der Waals surface area contributed by atoms with E-state index in [-0.39, 0.29) is 23.7 Å². The van der Waals surface area contributed by atoms with Crippen LogP contribution in [0.4, 0.5) is 8.78 Å². The second-order valence-electron chi connectivity index (χ2n) is 7.05. The number of nitrogens with one attached hydrogen (secondary N) is 1. The first-order chi connectivity index (χ1) is 11.4. The molecular formula is C18H24F2N2O2. The fourth-order valence-corrected chi connectivity index (χ4v) is 4.11. The van der Waals surface area contributed by atoms with Crippen LogP contribution in [0.1, 0.15) is 39.0 Å². The molecule has 132 valence electrons. The monoisotopic (exact) mass is 338 g/mol. The molecule has 0 aromatic heterocycles. The highest BCUT2D eigenvalue weighted by Crippen LogP contribution is 2.39.